The van der Waals surface area contributed by atoms with Crippen molar-refractivity contribution in [3.63, 3.8) is 0 Å². The predicted octanol–water partition coefficient (Wildman–Crippen LogP) is 12.8. The highest BCUT2D eigenvalue weighted by Crippen LogP contribution is 2.71. The van der Waals surface area contributed by atoms with Gasteiger partial charge in [-0.3, -0.25) is 9.80 Å². The molecule has 1 aromatic heterocycles. The van der Waals surface area contributed by atoms with Crippen molar-refractivity contribution in [2.24, 2.45) is 0 Å². The Morgan fingerprint density at radius 2 is 0.883 bits per heavy atom. The summed E-state index contributed by atoms with van der Waals surface area (Å²) < 4.78 is 3.02. The van der Waals surface area contributed by atoms with E-state index < -0.39 is 0 Å². The SMILES string of the molecule is c1ccc(C2CCC3C(C2)B2C4CC(c5ccccc5)CCC4N4C5CCCCC5SC5C4C2C2C(SC4CCCCC4N32)C5n2c3ccccc3c3ccccc32)cc1. The minimum Gasteiger partial charge on any atom is -0.335 e. The number of para-hydroxylation sites is 2. The summed E-state index contributed by atoms with van der Waals surface area (Å²) >= 11 is 5.12. The molecular weight excluding hydrogens is 766 g/mol. The Hall–Kier alpha value is -2.64. The van der Waals surface area contributed by atoms with Crippen molar-refractivity contribution in [3.05, 3.63) is 120 Å². The molecular formula is C54H62BN3S2. The molecule has 5 aliphatic carbocycles. The number of rotatable bonds is 3. The predicted molar refractivity (Wildman–Crippen MR) is 255 cm³/mol. The van der Waals surface area contributed by atoms with Gasteiger partial charge in [0.2, 0.25) is 0 Å². The smallest absolute Gasteiger partial charge is 0.157 e. The summed E-state index contributed by atoms with van der Waals surface area (Å²) in [6, 6.07) is 47.8. The molecule has 0 radical (unpaired) electrons. The van der Waals surface area contributed by atoms with Gasteiger partial charge in [0.15, 0.2) is 6.71 Å². The Morgan fingerprint density at radius 3 is 1.38 bits per heavy atom. The molecule has 14 atom stereocenters. The molecule has 3 nitrogen and oxygen atoms in total. The maximum Gasteiger partial charge on any atom is 0.157 e. The second-order valence-corrected chi connectivity index (χ2v) is 24.1. The average Bonchev–Trinajstić information content (AvgIpc) is 3.65. The second kappa shape index (κ2) is 14.4. The quantitative estimate of drug-likeness (QED) is 0.168. The van der Waals surface area contributed by atoms with E-state index in [9.17, 15) is 0 Å². The van der Waals surface area contributed by atoms with Crippen molar-refractivity contribution >= 4 is 52.0 Å². The average molecular weight is 828 g/mol. The minimum absolute atomic E-state index is 0.502. The van der Waals surface area contributed by atoms with Crippen molar-refractivity contribution in [2.45, 2.75) is 182 Å². The molecule has 0 bridgehead atoms. The summed E-state index contributed by atoms with van der Waals surface area (Å²) in [6.45, 7) is 0.825. The fourth-order valence-electron chi connectivity index (χ4n) is 17.1. The van der Waals surface area contributed by atoms with E-state index in [0.717, 1.165) is 58.8 Å². The van der Waals surface area contributed by atoms with Gasteiger partial charge in [-0.15, -0.1) is 23.5 Å². The van der Waals surface area contributed by atoms with Crippen molar-refractivity contribution in [1.29, 1.82) is 0 Å². The van der Waals surface area contributed by atoms with E-state index in [0.29, 0.717) is 40.5 Å². The standard InChI is InChI=1S/C54H62BN3S2/c1-3-15-33(16-4-1)35-27-29-43-39(31-35)55-40-32-36(34-17-5-2-6-18-34)28-30-44(40)58-46-24-12-14-26-48(46)60-54-51(58)49(55)50-53(59-47-25-13-11-23-45(47)57(43)50)52(54)56-41-21-9-7-19-37(41)38-20-8-10-22-42(38)56/h1-10,15-22,35-36,39-40,43-54H,11-14,23-32H2. The molecule has 0 amide bonds. The van der Waals surface area contributed by atoms with Gasteiger partial charge in [0.05, 0.1) is 6.04 Å². The first-order valence-electron chi connectivity index (χ1n) is 24.7. The molecule has 0 spiro atoms. The molecule has 14 rings (SSSR count). The molecule has 14 unspecified atom stereocenters. The van der Waals surface area contributed by atoms with Crippen molar-refractivity contribution in [2.75, 3.05) is 0 Å². The van der Waals surface area contributed by atoms with E-state index in [-0.39, 0.29) is 0 Å². The Morgan fingerprint density at radius 1 is 0.433 bits per heavy atom. The van der Waals surface area contributed by atoms with Gasteiger partial charge in [-0.1, -0.05) is 123 Å². The Labute approximate surface area is 367 Å². The lowest BCUT2D eigenvalue weighted by Gasteiger charge is -2.75. The molecule has 0 N–H and O–H groups in total. The van der Waals surface area contributed by atoms with Crippen LogP contribution in [0.25, 0.3) is 21.8 Å². The molecule has 9 fully saturated rings. The number of fused-ring (bicyclic) bond motifs is 13. The number of hydrogen-bond donors (Lipinski definition) is 0. The Kier molecular flexibility index (Phi) is 8.86. The molecule has 4 saturated heterocycles. The lowest BCUT2D eigenvalue weighted by Crippen LogP contribution is -2.82. The number of thioether (sulfide) groups is 2. The molecule has 9 aliphatic rings. The number of benzene rings is 4. The lowest BCUT2D eigenvalue weighted by molar-refractivity contribution is -0.0664. The topological polar surface area (TPSA) is 11.4 Å². The van der Waals surface area contributed by atoms with E-state index in [4.69, 9.17) is 0 Å². The van der Waals surface area contributed by atoms with Crippen LogP contribution in [0.5, 0.6) is 0 Å². The fraction of sp³-hybridized carbons (Fsp3) is 0.556. The van der Waals surface area contributed by atoms with Gasteiger partial charge in [-0.05, 0) is 117 Å². The third-order valence-electron chi connectivity index (χ3n) is 19.0. The van der Waals surface area contributed by atoms with Crippen LogP contribution in [-0.2, 0) is 0 Å². The monoisotopic (exact) mass is 827 g/mol. The largest absolute Gasteiger partial charge is 0.335 e. The van der Waals surface area contributed by atoms with Crippen LogP contribution < -0.4 is 0 Å². The molecule has 60 heavy (non-hydrogen) atoms. The summed E-state index contributed by atoms with van der Waals surface area (Å²) in [5.41, 5.74) is 6.27. The van der Waals surface area contributed by atoms with Crippen LogP contribution in [-0.4, -0.2) is 78.3 Å². The molecule has 6 heteroatoms. The molecule has 5 heterocycles. The highest BCUT2D eigenvalue weighted by molar-refractivity contribution is 8.01. The Bertz CT molecular complexity index is 2220. The van der Waals surface area contributed by atoms with Gasteiger partial charge in [-0.2, -0.15) is 0 Å². The van der Waals surface area contributed by atoms with Crippen LogP contribution >= 0.6 is 23.5 Å². The van der Waals surface area contributed by atoms with Gasteiger partial charge >= 0.3 is 0 Å². The second-order valence-electron chi connectivity index (χ2n) is 21.2. The minimum atomic E-state index is 0.502. The lowest BCUT2D eigenvalue weighted by atomic mass is 9.18. The summed E-state index contributed by atoms with van der Waals surface area (Å²) in [5.74, 6) is 3.79. The summed E-state index contributed by atoms with van der Waals surface area (Å²) in [6.07, 6.45) is 19.8. The summed E-state index contributed by atoms with van der Waals surface area (Å²) in [4.78, 5) is 6.89. The fourth-order valence-corrected chi connectivity index (χ4v) is 21.4. The van der Waals surface area contributed by atoms with Gasteiger partial charge in [0.1, 0.15) is 0 Å². The molecule has 5 aromatic rings. The number of aromatic nitrogens is 1. The zero-order valence-electron chi connectivity index (χ0n) is 35.3. The molecule has 4 aromatic carbocycles. The van der Waals surface area contributed by atoms with E-state index in [1.165, 1.54) is 112 Å². The van der Waals surface area contributed by atoms with Gasteiger partial charge in [0, 0.05) is 79.1 Å². The number of hydrogen-bond acceptors (Lipinski definition) is 4. The highest BCUT2D eigenvalue weighted by Gasteiger charge is 2.73. The molecule has 5 saturated carbocycles. The first-order chi connectivity index (χ1) is 29.8. The molecule has 4 aliphatic heterocycles. The van der Waals surface area contributed by atoms with Crippen LogP contribution in [0.2, 0.25) is 17.5 Å². The van der Waals surface area contributed by atoms with Crippen LogP contribution in [0.1, 0.15) is 119 Å². The first-order valence-corrected chi connectivity index (χ1v) is 26.6. The Balaban J connectivity index is 0.999. The zero-order chi connectivity index (χ0) is 39.1. The van der Waals surface area contributed by atoms with E-state index >= 15 is 0 Å². The third kappa shape index (κ3) is 5.32. The maximum atomic E-state index is 3.45. The van der Waals surface area contributed by atoms with E-state index in [1.54, 1.807) is 11.1 Å². The van der Waals surface area contributed by atoms with Gasteiger partial charge < -0.3 is 4.57 Å². The van der Waals surface area contributed by atoms with E-state index in [2.05, 4.69) is 147 Å². The first kappa shape index (κ1) is 36.8. The van der Waals surface area contributed by atoms with E-state index in [1.807, 2.05) is 0 Å². The van der Waals surface area contributed by atoms with Crippen LogP contribution in [0.4, 0.5) is 0 Å². The van der Waals surface area contributed by atoms with Gasteiger partial charge in [0.25, 0.3) is 0 Å². The number of nitrogens with zero attached hydrogens (tertiary/aromatic N) is 3. The van der Waals surface area contributed by atoms with Crippen LogP contribution in [0, 0.1) is 0 Å². The summed E-state index contributed by atoms with van der Waals surface area (Å²) in [5, 5.41) is 5.75. The summed E-state index contributed by atoms with van der Waals surface area (Å²) in [7, 11) is 0. The van der Waals surface area contributed by atoms with Gasteiger partial charge in [-0.25, -0.2) is 0 Å². The maximum absolute atomic E-state index is 3.45. The highest BCUT2D eigenvalue weighted by atomic mass is 32.2. The van der Waals surface area contributed by atoms with Crippen molar-refractivity contribution in [1.82, 2.24) is 14.4 Å². The van der Waals surface area contributed by atoms with Crippen LogP contribution in [0.3, 0.4) is 0 Å². The molecule has 308 valence electrons. The van der Waals surface area contributed by atoms with Crippen molar-refractivity contribution < 1.29 is 0 Å². The third-order valence-corrected chi connectivity index (χ3v) is 22.5. The van der Waals surface area contributed by atoms with Crippen molar-refractivity contribution in [3.8, 4) is 0 Å². The van der Waals surface area contributed by atoms with Crippen LogP contribution in [0.15, 0.2) is 109 Å². The normalized spacial score (nSPS) is 42.1. The zero-order valence-corrected chi connectivity index (χ0v) is 36.9.